The van der Waals surface area contributed by atoms with Crippen LogP contribution in [-0.2, 0) is 0 Å². The molecule has 0 bridgehead atoms. The van der Waals surface area contributed by atoms with Gasteiger partial charge in [-0.25, -0.2) is 0 Å². The van der Waals surface area contributed by atoms with Gasteiger partial charge in [0.25, 0.3) is 0 Å². The molecule has 0 spiro atoms. The van der Waals surface area contributed by atoms with Gasteiger partial charge in [-0.05, 0) is 32.7 Å². The zero-order chi connectivity index (χ0) is 10.4. The number of rotatable bonds is 8. The summed E-state index contributed by atoms with van der Waals surface area (Å²) in [6.45, 7) is 6.91. The lowest BCUT2D eigenvalue weighted by Crippen LogP contribution is -2.36. The van der Waals surface area contributed by atoms with E-state index in [9.17, 15) is 0 Å². The first kappa shape index (κ1) is 12.0. The first-order valence-electron chi connectivity index (χ1n) is 6.21. The van der Waals surface area contributed by atoms with Crippen LogP contribution >= 0.6 is 0 Å². The second kappa shape index (κ2) is 6.41. The molecule has 0 aromatic carbocycles. The van der Waals surface area contributed by atoms with Gasteiger partial charge in [0, 0.05) is 25.2 Å². The zero-order valence-electron chi connectivity index (χ0n) is 10.1. The van der Waals surface area contributed by atoms with Crippen LogP contribution in [0.3, 0.4) is 0 Å². The van der Waals surface area contributed by atoms with Crippen LogP contribution in [0.5, 0.6) is 0 Å². The number of nitrogens with zero attached hydrogens (tertiary/aromatic N) is 1. The maximum Gasteiger partial charge on any atom is 0.0107 e. The average Bonchev–Trinajstić information content (AvgIpc) is 2.99. The van der Waals surface area contributed by atoms with E-state index in [-0.39, 0.29) is 0 Å². The fraction of sp³-hybridized carbons (Fsp3) is 1.00. The maximum atomic E-state index is 3.64. The van der Waals surface area contributed by atoms with E-state index in [1.807, 2.05) is 0 Å². The molecule has 2 heteroatoms. The van der Waals surface area contributed by atoms with Crippen LogP contribution in [0.15, 0.2) is 0 Å². The first-order valence-corrected chi connectivity index (χ1v) is 6.21. The van der Waals surface area contributed by atoms with Crippen molar-refractivity contribution in [1.82, 2.24) is 10.2 Å². The molecular formula is C12H26N2. The molecule has 1 N–H and O–H groups in total. The highest BCUT2D eigenvalue weighted by Crippen LogP contribution is 2.24. The number of likely N-dealkylation sites (N-methyl/N-ethyl adjacent to an activating group) is 1. The fourth-order valence-corrected chi connectivity index (χ4v) is 1.94. The number of hydrogen-bond donors (Lipinski definition) is 1. The molecule has 0 radical (unpaired) electrons. The van der Waals surface area contributed by atoms with Gasteiger partial charge in [0.05, 0.1) is 0 Å². The lowest BCUT2D eigenvalue weighted by molar-refractivity contribution is 0.310. The van der Waals surface area contributed by atoms with Crippen LogP contribution in [0.1, 0.15) is 46.0 Å². The Bertz CT molecular complexity index is 143. The maximum absolute atomic E-state index is 3.64. The molecule has 0 amide bonds. The molecule has 1 saturated carbocycles. The van der Waals surface area contributed by atoms with Crippen molar-refractivity contribution in [3.05, 3.63) is 0 Å². The lowest BCUT2D eigenvalue weighted by Gasteiger charge is -2.20. The smallest absolute Gasteiger partial charge is 0.0107 e. The number of hydrogen-bond acceptors (Lipinski definition) is 2. The Kier molecular flexibility index (Phi) is 5.49. The summed E-state index contributed by atoms with van der Waals surface area (Å²) in [5.74, 6) is 0. The van der Waals surface area contributed by atoms with Crippen molar-refractivity contribution in [3.8, 4) is 0 Å². The largest absolute Gasteiger partial charge is 0.313 e. The Morgan fingerprint density at radius 2 is 2.07 bits per heavy atom. The zero-order valence-corrected chi connectivity index (χ0v) is 10.1. The van der Waals surface area contributed by atoms with Gasteiger partial charge in [-0.2, -0.15) is 0 Å². The van der Waals surface area contributed by atoms with Gasteiger partial charge in [-0.1, -0.05) is 20.3 Å². The van der Waals surface area contributed by atoms with Crippen LogP contribution < -0.4 is 5.32 Å². The molecule has 0 aliphatic heterocycles. The first-order chi connectivity index (χ1) is 6.77. The Morgan fingerprint density at radius 3 is 2.57 bits per heavy atom. The molecular weight excluding hydrogens is 172 g/mol. The summed E-state index contributed by atoms with van der Waals surface area (Å²) in [6.07, 6.45) is 6.72. The summed E-state index contributed by atoms with van der Waals surface area (Å²) in [6, 6.07) is 1.65. The summed E-state index contributed by atoms with van der Waals surface area (Å²) in [5.41, 5.74) is 0. The van der Waals surface area contributed by atoms with Gasteiger partial charge in [-0.15, -0.1) is 0 Å². The fourth-order valence-electron chi connectivity index (χ4n) is 1.94. The average molecular weight is 198 g/mol. The summed E-state index contributed by atoms with van der Waals surface area (Å²) >= 11 is 0. The topological polar surface area (TPSA) is 15.3 Å². The lowest BCUT2D eigenvalue weighted by atomic mass is 10.1. The highest BCUT2D eigenvalue weighted by atomic mass is 15.2. The predicted molar refractivity (Wildman–Crippen MR) is 62.6 cm³/mol. The van der Waals surface area contributed by atoms with Crippen molar-refractivity contribution in [2.24, 2.45) is 0 Å². The predicted octanol–water partition coefficient (Wildman–Crippen LogP) is 2.25. The minimum atomic E-state index is 0.743. The quantitative estimate of drug-likeness (QED) is 0.643. The second-order valence-corrected chi connectivity index (χ2v) is 4.56. The summed E-state index contributed by atoms with van der Waals surface area (Å²) in [7, 11) is 2.25. The monoisotopic (exact) mass is 198 g/mol. The second-order valence-electron chi connectivity index (χ2n) is 4.56. The third kappa shape index (κ3) is 4.43. The highest BCUT2D eigenvalue weighted by molar-refractivity contribution is 4.82. The van der Waals surface area contributed by atoms with E-state index in [1.54, 1.807) is 0 Å². The molecule has 2 nitrogen and oxygen atoms in total. The normalized spacial score (nSPS) is 18.9. The Hall–Kier alpha value is -0.0800. The summed E-state index contributed by atoms with van der Waals surface area (Å²) < 4.78 is 0. The molecule has 14 heavy (non-hydrogen) atoms. The molecule has 1 rings (SSSR count). The van der Waals surface area contributed by atoms with Crippen LogP contribution in [0.2, 0.25) is 0 Å². The van der Waals surface area contributed by atoms with Crippen LogP contribution in [0.25, 0.3) is 0 Å². The third-order valence-electron chi connectivity index (χ3n) is 3.20. The summed E-state index contributed by atoms with van der Waals surface area (Å²) in [5, 5.41) is 3.64. The van der Waals surface area contributed by atoms with E-state index < -0.39 is 0 Å². The molecule has 84 valence electrons. The van der Waals surface area contributed by atoms with Gasteiger partial charge < -0.3 is 10.2 Å². The van der Waals surface area contributed by atoms with Crippen molar-refractivity contribution in [3.63, 3.8) is 0 Å². The van der Waals surface area contributed by atoms with E-state index in [4.69, 9.17) is 0 Å². The van der Waals surface area contributed by atoms with Gasteiger partial charge in [-0.3, -0.25) is 0 Å². The van der Waals surface area contributed by atoms with Crippen molar-refractivity contribution in [1.29, 1.82) is 0 Å². The van der Waals surface area contributed by atoms with Crippen molar-refractivity contribution < 1.29 is 0 Å². The van der Waals surface area contributed by atoms with Gasteiger partial charge in [0.1, 0.15) is 0 Å². The SMILES string of the molecule is CCCC(CC)NCCN(C)C1CC1. The van der Waals surface area contributed by atoms with Crippen molar-refractivity contribution in [2.75, 3.05) is 20.1 Å². The van der Waals surface area contributed by atoms with E-state index in [0.717, 1.165) is 18.6 Å². The van der Waals surface area contributed by atoms with Crippen LogP contribution in [-0.4, -0.2) is 37.1 Å². The molecule has 0 heterocycles. The van der Waals surface area contributed by atoms with E-state index in [0.29, 0.717) is 0 Å². The van der Waals surface area contributed by atoms with Crippen molar-refractivity contribution >= 4 is 0 Å². The van der Waals surface area contributed by atoms with Crippen LogP contribution in [0, 0.1) is 0 Å². The molecule has 1 aliphatic carbocycles. The molecule has 1 fully saturated rings. The summed E-state index contributed by atoms with van der Waals surface area (Å²) in [4.78, 5) is 2.49. The van der Waals surface area contributed by atoms with Crippen molar-refractivity contribution in [2.45, 2.75) is 58.0 Å². The minimum Gasteiger partial charge on any atom is -0.313 e. The highest BCUT2D eigenvalue weighted by Gasteiger charge is 2.25. The molecule has 1 unspecified atom stereocenters. The van der Waals surface area contributed by atoms with Gasteiger partial charge >= 0.3 is 0 Å². The Morgan fingerprint density at radius 1 is 1.36 bits per heavy atom. The van der Waals surface area contributed by atoms with Gasteiger partial charge in [0.2, 0.25) is 0 Å². The van der Waals surface area contributed by atoms with E-state index in [1.165, 1.54) is 38.6 Å². The van der Waals surface area contributed by atoms with E-state index in [2.05, 4.69) is 31.1 Å². The molecule has 0 saturated heterocycles. The minimum absolute atomic E-state index is 0.743. The third-order valence-corrected chi connectivity index (χ3v) is 3.20. The Balaban J connectivity index is 1.99. The molecule has 0 aromatic rings. The standard InChI is InChI=1S/C12H26N2/c1-4-6-11(5-2)13-9-10-14(3)12-7-8-12/h11-13H,4-10H2,1-3H3. The molecule has 1 atom stereocenters. The van der Waals surface area contributed by atoms with Gasteiger partial charge in [0.15, 0.2) is 0 Å². The Labute approximate surface area is 89.1 Å². The van der Waals surface area contributed by atoms with E-state index >= 15 is 0 Å². The molecule has 1 aliphatic rings. The molecule has 0 aromatic heterocycles. The van der Waals surface area contributed by atoms with Crippen LogP contribution in [0.4, 0.5) is 0 Å². The number of nitrogens with one attached hydrogen (secondary N) is 1.